The summed E-state index contributed by atoms with van der Waals surface area (Å²) in [5, 5.41) is 4.25. The van der Waals surface area contributed by atoms with Crippen molar-refractivity contribution < 1.29 is 13.6 Å². The number of benzene rings is 2. The first-order chi connectivity index (χ1) is 15.0. The molecule has 3 heterocycles. The fourth-order valence-corrected chi connectivity index (χ4v) is 4.52. The number of anilines is 1. The Kier molecular flexibility index (Phi) is 4.77. The summed E-state index contributed by atoms with van der Waals surface area (Å²) >= 11 is 0. The van der Waals surface area contributed by atoms with Gasteiger partial charge in [0.2, 0.25) is 0 Å². The summed E-state index contributed by atoms with van der Waals surface area (Å²) in [5.74, 6) is -0.628. The highest BCUT2D eigenvalue weighted by atomic mass is 19.1. The number of nitrogens with zero attached hydrogens (tertiary/aromatic N) is 3. The highest BCUT2D eigenvalue weighted by molar-refractivity contribution is 6.00. The molecule has 1 aliphatic heterocycles. The van der Waals surface area contributed by atoms with E-state index in [4.69, 9.17) is 0 Å². The maximum Gasteiger partial charge on any atom is 0.163 e. The lowest BCUT2D eigenvalue weighted by Gasteiger charge is -2.29. The Hall–Kier alpha value is -3.54. The first-order valence-electron chi connectivity index (χ1n) is 10.3. The predicted molar refractivity (Wildman–Crippen MR) is 116 cm³/mol. The third-order valence-corrected chi connectivity index (χ3v) is 6.00. The van der Waals surface area contributed by atoms with Gasteiger partial charge in [0.15, 0.2) is 5.78 Å². The Labute approximate surface area is 178 Å². The van der Waals surface area contributed by atoms with Crippen LogP contribution in [0.25, 0.3) is 16.6 Å². The van der Waals surface area contributed by atoms with Gasteiger partial charge in [-0.15, -0.1) is 0 Å². The van der Waals surface area contributed by atoms with Gasteiger partial charge < -0.3 is 4.90 Å². The van der Waals surface area contributed by atoms with E-state index in [1.807, 2.05) is 18.3 Å². The second kappa shape index (κ2) is 7.61. The Morgan fingerprint density at radius 1 is 1.03 bits per heavy atom. The molecule has 1 aliphatic rings. The predicted octanol–water partition coefficient (Wildman–Crippen LogP) is 5.82. The smallest absolute Gasteiger partial charge is 0.163 e. The minimum atomic E-state index is -0.301. The van der Waals surface area contributed by atoms with Crippen molar-refractivity contribution in [2.45, 2.75) is 25.8 Å². The summed E-state index contributed by atoms with van der Waals surface area (Å²) in [6, 6.07) is 15.0. The van der Waals surface area contributed by atoms with Crippen LogP contribution in [0.3, 0.4) is 0 Å². The van der Waals surface area contributed by atoms with E-state index in [-0.39, 0.29) is 23.5 Å². The third kappa shape index (κ3) is 3.48. The highest BCUT2D eigenvalue weighted by Gasteiger charge is 2.29. The van der Waals surface area contributed by atoms with Crippen molar-refractivity contribution in [2.75, 3.05) is 11.4 Å². The van der Waals surface area contributed by atoms with Crippen LogP contribution in [-0.4, -0.2) is 21.9 Å². The molecule has 31 heavy (non-hydrogen) atoms. The number of rotatable bonds is 4. The minimum Gasteiger partial charge on any atom is -0.364 e. The highest BCUT2D eigenvalue weighted by Crippen LogP contribution is 2.41. The van der Waals surface area contributed by atoms with Crippen LogP contribution < -0.4 is 4.90 Å². The van der Waals surface area contributed by atoms with E-state index in [0.717, 1.165) is 47.3 Å². The molecular formula is C25H21F2N3O. The molecule has 0 saturated carbocycles. The van der Waals surface area contributed by atoms with Gasteiger partial charge in [0, 0.05) is 18.4 Å². The standard InChI is InChI=1S/C25H21F2N3O/c1-16(31)23-15-28-30-12-10-20(14-25(23)30)29-11-2-3-24(29)22-13-19(27)8-9-21(22)17-4-6-18(26)7-5-17/h4-10,12-15,24H,2-3,11H2,1H3/t24-/m1/s1. The van der Waals surface area contributed by atoms with Gasteiger partial charge in [-0.1, -0.05) is 18.2 Å². The largest absolute Gasteiger partial charge is 0.364 e. The van der Waals surface area contributed by atoms with Crippen LogP contribution in [0.2, 0.25) is 0 Å². The quantitative estimate of drug-likeness (QED) is 0.393. The number of fused-ring (bicyclic) bond motifs is 1. The molecule has 5 rings (SSSR count). The van der Waals surface area contributed by atoms with E-state index < -0.39 is 0 Å². The zero-order valence-corrected chi connectivity index (χ0v) is 17.1. The van der Waals surface area contributed by atoms with Gasteiger partial charge in [-0.05, 0) is 72.9 Å². The van der Waals surface area contributed by atoms with Crippen LogP contribution in [-0.2, 0) is 0 Å². The molecule has 0 unspecified atom stereocenters. The summed E-state index contributed by atoms with van der Waals surface area (Å²) in [7, 11) is 0. The number of halogens is 2. The summed E-state index contributed by atoms with van der Waals surface area (Å²) < 4.78 is 29.4. The number of Topliss-reactive ketones (excluding diaryl/α,β-unsaturated/α-hetero) is 1. The molecule has 6 heteroatoms. The molecule has 1 saturated heterocycles. The molecule has 0 aliphatic carbocycles. The number of hydrogen-bond donors (Lipinski definition) is 0. The van der Waals surface area contributed by atoms with E-state index in [9.17, 15) is 13.6 Å². The van der Waals surface area contributed by atoms with E-state index >= 15 is 0 Å². The van der Waals surface area contributed by atoms with Gasteiger partial charge in [-0.3, -0.25) is 4.79 Å². The molecule has 0 bridgehead atoms. The van der Waals surface area contributed by atoms with Gasteiger partial charge >= 0.3 is 0 Å². The molecule has 2 aromatic heterocycles. The molecule has 4 nitrogen and oxygen atoms in total. The van der Waals surface area contributed by atoms with Crippen molar-refractivity contribution in [1.82, 2.24) is 9.61 Å². The molecule has 4 aromatic rings. The molecular weight excluding hydrogens is 396 g/mol. The minimum absolute atomic E-state index is 0.0260. The topological polar surface area (TPSA) is 37.6 Å². The summed E-state index contributed by atoms with van der Waals surface area (Å²) in [6.45, 7) is 2.35. The zero-order valence-electron chi connectivity index (χ0n) is 17.1. The number of hydrogen-bond acceptors (Lipinski definition) is 3. The van der Waals surface area contributed by atoms with Crippen molar-refractivity contribution in [3.8, 4) is 11.1 Å². The molecule has 156 valence electrons. The molecule has 0 radical (unpaired) electrons. The van der Waals surface area contributed by atoms with E-state index in [2.05, 4.69) is 10.00 Å². The average Bonchev–Trinajstić information content (AvgIpc) is 3.41. The molecule has 0 amide bonds. The van der Waals surface area contributed by atoms with Crippen LogP contribution >= 0.6 is 0 Å². The van der Waals surface area contributed by atoms with Crippen LogP contribution in [0.4, 0.5) is 14.5 Å². The Balaban J connectivity index is 1.59. The third-order valence-electron chi connectivity index (χ3n) is 6.00. The molecule has 2 aromatic carbocycles. The van der Waals surface area contributed by atoms with Gasteiger partial charge in [0.1, 0.15) is 11.6 Å². The van der Waals surface area contributed by atoms with Gasteiger partial charge in [0.25, 0.3) is 0 Å². The second-order valence-electron chi connectivity index (χ2n) is 7.92. The summed E-state index contributed by atoms with van der Waals surface area (Å²) in [4.78, 5) is 14.2. The van der Waals surface area contributed by atoms with Crippen molar-refractivity contribution >= 4 is 17.0 Å². The SMILES string of the molecule is CC(=O)c1cnn2ccc(N3CCC[C@@H]3c3cc(F)ccc3-c3ccc(F)cc3)cc12. The second-order valence-corrected chi connectivity index (χ2v) is 7.92. The van der Waals surface area contributed by atoms with Crippen molar-refractivity contribution in [3.63, 3.8) is 0 Å². The first kappa shape index (κ1) is 19.4. The maximum atomic E-state index is 14.3. The van der Waals surface area contributed by atoms with E-state index in [0.29, 0.717) is 5.56 Å². The van der Waals surface area contributed by atoms with Crippen LogP contribution in [0.1, 0.15) is 41.7 Å². The first-order valence-corrected chi connectivity index (χ1v) is 10.3. The molecule has 0 N–H and O–H groups in total. The lowest BCUT2D eigenvalue weighted by atomic mass is 9.93. The average molecular weight is 417 g/mol. The number of pyridine rings is 1. The van der Waals surface area contributed by atoms with Crippen LogP contribution in [0, 0.1) is 11.6 Å². The number of ketones is 1. The van der Waals surface area contributed by atoms with Gasteiger partial charge in [-0.2, -0.15) is 5.10 Å². The monoisotopic (exact) mass is 417 g/mol. The number of aromatic nitrogens is 2. The summed E-state index contributed by atoms with van der Waals surface area (Å²) in [5.41, 5.74) is 4.93. The van der Waals surface area contributed by atoms with Crippen molar-refractivity contribution in [1.29, 1.82) is 0 Å². The molecule has 1 atom stereocenters. The maximum absolute atomic E-state index is 14.3. The number of carbonyl (C=O) groups excluding carboxylic acids is 1. The molecule has 1 fully saturated rings. The molecule has 0 spiro atoms. The fraction of sp³-hybridized carbons (Fsp3) is 0.200. The zero-order chi connectivity index (χ0) is 21.5. The normalized spacial score (nSPS) is 16.2. The fourth-order valence-electron chi connectivity index (χ4n) is 4.52. The van der Waals surface area contributed by atoms with Gasteiger partial charge in [-0.25, -0.2) is 13.3 Å². The number of carbonyl (C=O) groups is 1. The Morgan fingerprint density at radius 3 is 2.58 bits per heavy atom. The summed E-state index contributed by atoms with van der Waals surface area (Å²) in [6.07, 6.45) is 5.27. The van der Waals surface area contributed by atoms with Crippen LogP contribution in [0.5, 0.6) is 0 Å². The van der Waals surface area contributed by atoms with Crippen molar-refractivity contribution in [2.24, 2.45) is 0 Å². The Morgan fingerprint density at radius 2 is 1.81 bits per heavy atom. The lowest BCUT2D eigenvalue weighted by molar-refractivity contribution is 0.101. The lowest BCUT2D eigenvalue weighted by Crippen LogP contribution is -2.23. The van der Waals surface area contributed by atoms with Gasteiger partial charge in [0.05, 0.1) is 23.3 Å². The Bertz CT molecular complexity index is 1280. The van der Waals surface area contributed by atoms with E-state index in [1.54, 1.807) is 35.0 Å². The van der Waals surface area contributed by atoms with E-state index in [1.165, 1.54) is 25.1 Å². The van der Waals surface area contributed by atoms with Crippen molar-refractivity contribution in [3.05, 3.63) is 89.8 Å². The van der Waals surface area contributed by atoms with Crippen LogP contribution in [0.15, 0.2) is 67.0 Å².